The molecule has 0 spiro atoms. The van der Waals surface area contributed by atoms with Gasteiger partial charge in [0.05, 0.1) is 6.61 Å². The number of nitrogens with zero attached hydrogens (tertiary/aromatic N) is 2. The third kappa shape index (κ3) is 2.83. The average molecular weight is 237 g/mol. The zero-order valence-electron chi connectivity index (χ0n) is 9.68. The summed E-state index contributed by atoms with van der Waals surface area (Å²) in [6.07, 6.45) is 5.30. The molecule has 2 rings (SSSR count). The highest BCUT2D eigenvalue weighted by Crippen LogP contribution is 2.33. The number of hydrogen-bond acceptors (Lipinski definition) is 5. The third-order valence-corrected chi connectivity index (χ3v) is 2.51. The van der Waals surface area contributed by atoms with Crippen molar-refractivity contribution in [3.63, 3.8) is 0 Å². The van der Waals surface area contributed by atoms with E-state index in [-0.39, 0.29) is 17.9 Å². The largest absolute Gasteiger partial charge is 0.465 e. The topological polar surface area (TPSA) is 73.2 Å². The summed E-state index contributed by atoms with van der Waals surface area (Å²) < 4.78 is 6.41. The number of aromatic nitrogens is 2. The first-order chi connectivity index (χ1) is 8.22. The molecule has 6 nitrogen and oxygen atoms in total. The maximum absolute atomic E-state index is 11.9. The van der Waals surface area contributed by atoms with Gasteiger partial charge in [0.15, 0.2) is 5.82 Å². The Morgan fingerprint density at radius 1 is 1.65 bits per heavy atom. The van der Waals surface area contributed by atoms with Crippen LogP contribution in [-0.4, -0.2) is 28.7 Å². The minimum atomic E-state index is -0.393. The molecule has 0 aliphatic heterocycles. The van der Waals surface area contributed by atoms with E-state index in [1.54, 1.807) is 23.9 Å². The number of nitrogens with one attached hydrogen (secondary N) is 1. The van der Waals surface area contributed by atoms with Crippen LogP contribution in [-0.2, 0) is 9.53 Å². The van der Waals surface area contributed by atoms with E-state index in [1.807, 2.05) is 0 Å². The normalized spacial score (nSPS) is 14.4. The van der Waals surface area contributed by atoms with Crippen LogP contribution < -0.4 is 10.9 Å². The molecule has 1 heterocycles. The van der Waals surface area contributed by atoms with Crippen molar-refractivity contribution in [2.45, 2.75) is 25.8 Å². The van der Waals surface area contributed by atoms with Crippen LogP contribution in [0.2, 0.25) is 0 Å². The highest BCUT2D eigenvalue weighted by Gasteiger charge is 2.25. The molecule has 1 saturated carbocycles. The Bertz CT molecular complexity index is 465. The molecule has 0 amide bonds. The van der Waals surface area contributed by atoms with Crippen molar-refractivity contribution in [2.24, 2.45) is 0 Å². The van der Waals surface area contributed by atoms with Crippen molar-refractivity contribution in [3.05, 3.63) is 22.7 Å². The van der Waals surface area contributed by atoms with Crippen molar-refractivity contribution in [1.29, 1.82) is 0 Å². The van der Waals surface area contributed by atoms with Crippen LogP contribution in [0.15, 0.2) is 17.2 Å². The Labute approximate surface area is 98.6 Å². The van der Waals surface area contributed by atoms with E-state index in [0.29, 0.717) is 12.6 Å². The summed E-state index contributed by atoms with van der Waals surface area (Å²) in [5.41, 5.74) is -0.181. The fraction of sp³-hybridized carbons (Fsp3) is 0.545. The summed E-state index contributed by atoms with van der Waals surface area (Å²) in [5, 5.41) is 2.70. The number of carbonyl (C=O) groups is 1. The highest BCUT2D eigenvalue weighted by molar-refractivity contribution is 5.74. The van der Waals surface area contributed by atoms with Gasteiger partial charge in [0.2, 0.25) is 0 Å². The quantitative estimate of drug-likeness (QED) is 0.757. The Morgan fingerprint density at radius 2 is 2.41 bits per heavy atom. The molecule has 0 saturated heterocycles. The zero-order chi connectivity index (χ0) is 12.3. The lowest BCUT2D eigenvalue weighted by atomic mass is 10.5. The SMILES string of the molecule is CCOC(=O)CNc1nccn(C2CC2)c1=O. The smallest absolute Gasteiger partial charge is 0.325 e. The second-order valence-corrected chi connectivity index (χ2v) is 3.88. The molecule has 0 aromatic carbocycles. The van der Waals surface area contributed by atoms with Crippen molar-refractivity contribution in [1.82, 2.24) is 9.55 Å². The maximum atomic E-state index is 11.9. The van der Waals surface area contributed by atoms with Crippen molar-refractivity contribution in [2.75, 3.05) is 18.5 Å². The molecule has 17 heavy (non-hydrogen) atoms. The van der Waals surface area contributed by atoms with Crippen LogP contribution in [0, 0.1) is 0 Å². The lowest BCUT2D eigenvalue weighted by Crippen LogP contribution is -2.26. The monoisotopic (exact) mass is 237 g/mol. The van der Waals surface area contributed by atoms with E-state index in [4.69, 9.17) is 4.74 Å². The fourth-order valence-corrected chi connectivity index (χ4v) is 1.55. The standard InChI is InChI=1S/C11H15N3O3/c1-2-17-9(15)7-13-10-11(16)14(6-5-12-10)8-3-4-8/h5-6,8H,2-4,7H2,1H3,(H,12,13). The molecular weight excluding hydrogens is 222 g/mol. The van der Waals surface area contributed by atoms with Gasteiger partial charge in [0.1, 0.15) is 6.54 Å². The van der Waals surface area contributed by atoms with Gasteiger partial charge >= 0.3 is 5.97 Å². The molecule has 6 heteroatoms. The summed E-state index contributed by atoms with van der Waals surface area (Å²) in [6.45, 7) is 2.03. The van der Waals surface area contributed by atoms with Crippen LogP contribution in [0.4, 0.5) is 5.82 Å². The summed E-state index contributed by atoms with van der Waals surface area (Å²) >= 11 is 0. The number of rotatable bonds is 5. The van der Waals surface area contributed by atoms with Gasteiger partial charge in [-0.3, -0.25) is 9.59 Å². The molecule has 0 unspecified atom stereocenters. The van der Waals surface area contributed by atoms with Crippen LogP contribution in [0.3, 0.4) is 0 Å². The lowest BCUT2D eigenvalue weighted by molar-refractivity contribution is -0.140. The van der Waals surface area contributed by atoms with Crippen LogP contribution >= 0.6 is 0 Å². The Balaban J connectivity index is 2.03. The fourth-order valence-electron chi connectivity index (χ4n) is 1.55. The Hall–Kier alpha value is -1.85. The van der Waals surface area contributed by atoms with Gasteiger partial charge in [-0.1, -0.05) is 0 Å². The van der Waals surface area contributed by atoms with Gasteiger partial charge in [0, 0.05) is 18.4 Å². The Kier molecular flexibility index (Phi) is 3.41. The Morgan fingerprint density at radius 3 is 3.06 bits per heavy atom. The molecule has 0 atom stereocenters. The van der Waals surface area contributed by atoms with Gasteiger partial charge in [-0.25, -0.2) is 4.98 Å². The molecule has 0 bridgehead atoms. The minimum absolute atomic E-state index is 0.0369. The van der Waals surface area contributed by atoms with Crippen LogP contribution in [0.25, 0.3) is 0 Å². The molecule has 1 aromatic rings. The van der Waals surface area contributed by atoms with Gasteiger partial charge < -0.3 is 14.6 Å². The predicted octanol–water partition coefficient (Wildman–Crippen LogP) is 0.553. The summed E-state index contributed by atoms with van der Waals surface area (Å²) in [7, 11) is 0. The van der Waals surface area contributed by atoms with Gasteiger partial charge in [-0.15, -0.1) is 0 Å². The maximum Gasteiger partial charge on any atom is 0.325 e. The molecular formula is C11H15N3O3. The number of ether oxygens (including phenoxy) is 1. The third-order valence-electron chi connectivity index (χ3n) is 2.51. The first kappa shape index (κ1) is 11.6. The van der Waals surface area contributed by atoms with E-state index >= 15 is 0 Å². The number of anilines is 1. The van der Waals surface area contributed by atoms with Crippen molar-refractivity contribution < 1.29 is 9.53 Å². The number of carbonyl (C=O) groups excluding carboxylic acids is 1. The van der Waals surface area contributed by atoms with Crippen molar-refractivity contribution >= 4 is 11.8 Å². The van der Waals surface area contributed by atoms with E-state index < -0.39 is 5.97 Å². The van der Waals surface area contributed by atoms with Gasteiger partial charge in [-0.2, -0.15) is 0 Å². The van der Waals surface area contributed by atoms with E-state index in [1.165, 1.54) is 0 Å². The van der Waals surface area contributed by atoms with E-state index in [9.17, 15) is 9.59 Å². The molecule has 1 aliphatic rings. The van der Waals surface area contributed by atoms with Gasteiger partial charge in [-0.05, 0) is 19.8 Å². The lowest BCUT2D eigenvalue weighted by Gasteiger charge is -2.07. The molecule has 1 fully saturated rings. The first-order valence-corrected chi connectivity index (χ1v) is 5.69. The number of hydrogen-bond donors (Lipinski definition) is 1. The molecule has 92 valence electrons. The zero-order valence-corrected chi connectivity index (χ0v) is 9.68. The molecule has 0 radical (unpaired) electrons. The summed E-state index contributed by atoms with van der Waals surface area (Å²) in [5.74, 6) is -0.192. The molecule has 1 aromatic heterocycles. The summed E-state index contributed by atoms with van der Waals surface area (Å²) in [4.78, 5) is 27.0. The second kappa shape index (κ2) is 4.99. The van der Waals surface area contributed by atoms with E-state index in [2.05, 4.69) is 10.3 Å². The second-order valence-electron chi connectivity index (χ2n) is 3.88. The first-order valence-electron chi connectivity index (χ1n) is 5.69. The summed E-state index contributed by atoms with van der Waals surface area (Å²) in [6, 6.07) is 0.300. The van der Waals surface area contributed by atoms with Crippen molar-refractivity contribution in [3.8, 4) is 0 Å². The highest BCUT2D eigenvalue weighted by atomic mass is 16.5. The molecule has 1 N–H and O–H groups in total. The minimum Gasteiger partial charge on any atom is -0.465 e. The predicted molar refractivity (Wildman–Crippen MR) is 61.9 cm³/mol. The van der Waals surface area contributed by atoms with Crippen LogP contribution in [0.1, 0.15) is 25.8 Å². The number of esters is 1. The van der Waals surface area contributed by atoms with Crippen LogP contribution in [0.5, 0.6) is 0 Å². The van der Waals surface area contributed by atoms with Gasteiger partial charge in [0.25, 0.3) is 5.56 Å². The van der Waals surface area contributed by atoms with E-state index in [0.717, 1.165) is 12.8 Å². The molecule has 1 aliphatic carbocycles. The average Bonchev–Trinajstić information content (AvgIpc) is 3.12.